The van der Waals surface area contributed by atoms with Crippen molar-refractivity contribution in [1.82, 2.24) is 9.29 Å². The maximum atomic E-state index is 11.9. The van der Waals surface area contributed by atoms with Gasteiger partial charge in [-0.2, -0.15) is 0 Å². The molecule has 0 atom stereocenters. The Kier molecular flexibility index (Phi) is 5.18. The summed E-state index contributed by atoms with van der Waals surface area (Å²) in [6.45, 7) is 4.03. The van der Waals surface area contributed by atoms with Crippen molar-refractivity contribution in [2.24, 2.45) is 0 Å². The number of halogens is 1. The molecule has 0 fully saturated rings. The summed E-state index contributed by atoms with van der Waals surface area (Å²) in [6, 6.07) is 3.20. The number of hydrogen-bond acceptors (Lipinski definition) is 4. The van der Waals surface area contributed by atoms with Crippen molar-refractivity contribution in [1.29, 1.82) is 0 Å². The highest BCUT2D eigenvalue weighted by Gasteiger charge is 2.19. The van der Waals surface area contributed by atoms with Crippen LogP contribution in [0.3, 0.4) is 0 Å². The maximum absolute atomic E-state index is 11.9. The van der Waals surface area contributed by atoms with E-state index in [1.54, 1.807) is 12.1 Å². The fourth-order valence-electron chi connectivity index (χ4n) is 1.46. The maximum Gasteiger partial charge on any atom is 0.244 e. The molecule has 19 heavy (non-hydrogen) atoms. The van der Waals surface area contributed by atoms with Gasteiger partial charge in [-0.3, -0.25) is 0 Å². The molecule has 0 aromatic carbocycles. The van der Waals surface area contributed by atoms with Crippen LogP contribution in [0.4, 0.5) is 5.82 Å². The zero-order valence-electron chi connectivity index (χ0n) is 11.6. The molecule has 0 aliphatic carbocycles. The first-order valence-corrected chi connectivity index (χ1v) is 7.89. The average molecular weight is 306 g/mol. The summed E-state index contributed by atoms with van der Waals surface area (Å²) in [4.78, 5) is 4.31. The van der Waals surface area contributed by atoms with Crippen molar-refractivity contribution >= 4 is 27.4 Å². The quantitative estimate of drug-likeness (QED) is 0.818. The number of aromatic nitrogens is 1. The molecule has 0 saturated heterocycles. The Hall–Kier alpha value is -0.850. The fourth-order valence-corrected chi connectivity index (χ4v) is 2.78. The second-order valence-electron chi connectivity index (χ2n) is 5.11. The van der Waals surface area contributed by atoms with Crippen LogP contribution in [0.2, 0.25) is 0 Å². The number of nitrogens with zero attached hydrogens (tertiary/aromatic N) is 2. The van der Waals surface area contributed by atoms with Crippen LogP contribution in [0.1, 0.15) is 20.3 Å². The lowest BCUT2D eigenvalue weighted by molar-refractivity contribution is 0.520. The molecule has 1 aromatic heterocycles. The average Bonchev–Trinajstić information content (AvgIpc) is 2.28. The van der Waals surface area contributed by atoms with Gasteiger partial charge in [-0.05, 0) is 32.4 Å². The minimum absolute atomic E-state index is 0.179. The molecule has 0 spiro atoms. The van der Waals surface area contributed by atoms with E-state index < -0.39 is 10.0 Å². The smallest absolute Gasteiger partial charge is 0.244 e. The van der Waals surface area contributed by atoms with Gasteiger partial charge in [0, 0.05) is 31.7 Å². The number of sulfonamides is 1. The van der Waals surface area contributed by atoms with Crippen LogP contribution >= 0.6 is 11.6 Å². The minimum atomic E-state index is -3.43. The summed E-state index contributed by atoms with van der Waals surface area (Å²) in [5.41, 5.74) is -0.184. The first kappa shape index (κ1) is 16.2. The van der Waals surface area contributed by atoms with E-state index in [4.69, 9.17) is 11.6 Å². The summed E-state index contributed by atoms with van der Waals surface area (Å²) < 4.78 is 24.9. The van der Waals surface area contributed by atoms with Gasteiger partial charge in [-0.15, -0.1) is 11.6 Å². The minimum Gasteiger partial charge on any atom is -0.365 e. The molecule has 0 aliphatic rings. The van der Waals surface area contributed by atoms with Crippen molar-refractivity contribution < 1.29 is 8.42 Å². The first-order chi connectivity index (χ1) is 8.69. The molecule has 0 saturated carbocycles. The Balaban J connectivity index is 2.89. The molecule has 5 nitrogen and oxygen atoms in total. The van der Waals surface area contributed by atoms with Crippen LogP contribution in [0.25, 0.3) is 0 Å². The third kappa shape index (κ3) is 4.33. The van der Waals surface area contributed by atoms with Gasteiger partial charge in [0.05, 0.1) is 0 Å². The zero-order chi connectivity index (χ0) is 14.7. The highest BCUT2D eigenvalue weighted by molar-refractivity contribution is 7.89. The summed E-state index contributed by atoms with van der Waals surface area (Å²) in [6.07, 6.45) is 2.14. The van der Waals surface area contributed by atoms with E-state index in [2.05, 4.69) is 10.3 Å². The van der Waals surface area contributed by atoms with Gasteiger partial charge in [0.25, 0.3) is 0 Å². The second-order valence-corrected chi connectivity index (χ2v) is 7.64. The van der Waals surface area contributed by atoms with Crippen molar-refractivity contribution in [2.45, 2.75) is 30.7 Å². The van der Waals surface area contributed by atoms with Crippen molar-refractivity contribution in [3.05, 3.63) is 18.3 Å². The molecule has 0 amide bonds. The molecule has 1 heterocycles. The van der Waals surface area contributed by atoms with Gasteiger partial charge in [0.1, 0.15) is 10.7 Å². The third-order valence-electron chi connectivity index (χ3n) is 2.70. The SMILES string of the molecule is CN(C)S(=O)(=O)c1ccc(NC(C)(C)CCCl)nc1. The van der Waals surface area contributed by atoms with Gasteiger partial charge in [-0.25, -0.2) is 17.7 Å². The lowest BCUT2D eigenvalue weighted by atomic mass is 10.0. The van der Waals surface area contributed by atoms with Crippen molar-refractivity contribution in [3.63, 3.8) is 0 Å². The third-order valence-corrected chi connectivity index (χ3v) is 4.69. The van der Waals surface area contributed by atoms with E-state index >= 15 is 0 Å². The summed E-state index contributed by atoms with van der Waals surface area (Å²) in [7, 11) is -0.443. The molecule has 7 heteroatoms. The fraction of sp³-hybridized carbons (Fsp3) is 0.583. The zero-order valence-corrected chi connectivity index (χ0v) is 13.2. The van der Waals surface area contributed by atoms with Crippen LogP contribution in [0.15, 0.2) is 23.2 Å². The monoisotopic (exact) mass is 305 g/mol. The van der Waals surface area contributed by atoms with E-state index in [-0.39, 0.29) is 10.4 Å². The van der Waals surface area contributed by atoms with Crippen LogP contribution in [0, 0.1) is 0 Å². The number of pyridine rings is 1. The molecule has 1 N–H and O–H groups in total. The molecule has 1 aromatic rings. The number of nitrogens with one attached hydrogen (secondary N) is 1. The van der Waals surface area contributed by atoms with Gasteiger partial charge in [0.15, 0.2) is 0 Å². The highest BCUT2D eigenvalue weighted by Crippen LogP contribution is 2.19. The van der Waals surface area contributed by atoms with Crippen LogP contribution in [-0.4, -0.2) is 43.2 Å². The standard InChI is InChI=1S/C12H20ClN3O2S/c1-12(2,7-8-13)15-11-6-5-10(9-14-11)19(17,18)16(3)4/h5-6,9H,7-8H2,1-4H3,(H,14,15). The Bertz CT molecular complexity index is 512. The summed E-state index contributed by atoms with van der Waals surface area (Å²) in [5.74, 6) is 1.18. The van der Waals surface area contributed by atoms with Crippen LogP contribution < -0.4 is 5.32 Å². The molecular weight excluding hydrogens is 286 g/mol. The largest absolute Gasteiger partial charge is 0.365 e. The molecule has 0 aliphatic heterocycles. The normalized spacial score (nSPS) is 12.7. The molecular formula is C12H20ClN3O2S. The molecule has 1 rings (SSSR count). The Morgan fingerprint density at radius 1 is 1.37 bits per heavy atom. The van der Waals surface area contributed by atoms with Gasteiger partial charge >= 0.3 is 0 Å². The Labute approximate surface area is 120 Å². The Morgan fingerprint density at radius 3 is 2.42 bits per heavy atom. The van der Waals surface area contributed by atoms with E-state index in [1.165, 1.54) is 20.3 Å². The van der Waals surface area contributed by atoms with E-state index in [0.717, 1.165) is 10.7 Å². The summed E-state index contributed by atoms with van der Waals surface area (Å²) >= 11 is 5.73. The van der Waals surface area contributed by atoms with Crippen LogP contribution in [0.5, 0.6) is 0 Å². The molecule has 0 radical (unpaired) electrons. The summed E-state index contributed by atoms with van der Waals surface area (Å²) in [5, 5.41) is 3.22. The number of anilines is 1. The molecule has 0 unspecified atom stereocenters. The van der Waals surface area contributed by atoms with E-state index in [0.29, 0.717) is 11.7 Å². The predicted molar refractivity (Wildman–Crippen MR) is 78.1 cm³/mol. The first-order valence-electron chi connectivity index (χ1n) is 5.92. The van der Waals surface area contributed by atoms with Gasteiger partial charge < -0.3 is 5.32 Å². The van der Waals surface area contributed by atoms with Crippen LogP contribution in [-0.2, 0) is 10.0 Å². The van der Waals surface area contributed by atoms with Crippen molar-refractivity contribution in [2.75, 3.05) is 25.3 Å². The predicted octanol–water partition coefficient (Wildman–Crippen LogP) is 2.15. The topological polar surface area (TPSA) is 62.3 Å². The number of rotatable bonds is 6. The lowest BCUT2D eigenvalue weighted by Gasteiger charge is -2.26. The van der Waals surface area contributed by atoms with E-state index in [1.807, 2.05) is 13.8 Å². The lowest BCUT2D eigenvalue weighted by Crippen LogP contribution is -2.31. The number of alkyl halides is 1. The highest BCUT2D eigenvalue weighted by atomic mass is 35.5. The van der Waals surface area contributed by atoms with Crippen molar-refractivity contribution in [3.8, 4) is 0 Å². The second kappa shape index (κ2) is 6.07. The molecule has 108 valence electrons. The van der Waals surface area contributed by atoms with Gasteiger partial charge in [-0.1, -0.05) is 0 Å². The number of hydrogen-bond donors (Lipinski definition) is 1. The Morgan fingerprint density at radius 2 is 2.00 bits per heavy atom. The van der Waals surface area contributed by atoms with Gasteiger partial charge in [0.2, 0.25) is 10.0 Å². The van der Waals surface area contributed by atoms with E-state index in [9.17, 15) is 8.42 Å². The molecule has 0 bridgehead atoms.